The molecule has 2 saturated heterocycles. The number of carbonyl (C=O) groups is 2. The Morgan fingerprint density at radius 1 is 1.43 bits per heavy atom. The molecule has 2 N–H and O–H groups in total. The summed E-state index contributed by atoms with van der Waals surface area (Å²) in [5.74, 6) is -2.17. The van der Waals surface area contributed by atoms with Crippen molar-refractivity contribution in [1.82, 2.24) is 15.2 Å². The number of rotatable bonds is 3. The number of aliphatic carboxylic acids is 1. The van der Waals surface area contributed by atoms with E-state index in [9.17, 15) is 18.0 Å². The summed E-state index contributed by atoms with van der Waals surface area (Å²) in [4.78, 5) is 29.1. The number of hydrogen-bond acceptors (Lipinski definition) is 6. The van der Waals surface area contributed by atoms with E-state index in [4.69, 9.17) is 14.6 Å². The van der Waals surface area contributed by atoms with Crippen LogP contribution < -0.4 is 5.32 Å². The Bertz CT molecular complexity index is 683. The molecule has 3 rings (SSSR count). The topological polar surface area (TPSA) is 91.8 Å². The fourth-order valence-electron chi connectivity index (χ4n) is 3.52. The predicted molar refractivity (Wildman–Crippen MR) is 95.8 cm³/mol. The molecule has 28 heavy (non-hydrogen) atoms. The monoisotopic (exact) mass is 423 g/mol. The molecular formula is C17H24F3N3O4S. The number of nitrogens with one attached hydrogen (secondary N) is 1. The molecule has 2 fully saturated rings. The summed E-state index contributed by atoms with van der Waals surface area (Å²) in [5.41, 5.74) is 3.04. The van der Waals surface area contributed by atoms with E-state index in [1.54, 1.807) is 18.4 Å². The van der Waals surface area contributed by atoms with Gasteiger partial charge in [-0.2, -0.15) is 13.2 Å². The summed E-state index contributed by atoms with van der Waals surface area (Å²) < 4.78 is 37.6. The maximum atomic E-state index is 12.1. The minimum absolute atomic E-state index is 0.0964. The number of halogens is 3. The van der Waals surface area contributed by atoms with Gasteiger partial charge in [0.25, 0.3) is 0 Å². The Labute approximate surface area is 164 Å². The number of amides is 1. The number of aryl methyl sites for hydroxylation is 1. The standard InChI is InChI=1S/C15H23N3O2S.C2HF3O2/c1-10-14(21-9-17-10)8-18-5-3-13-12(7-18)11(4-6-20-13)15(19)16-2;3-2(4,5)1(6)7/h9,11-13H,3-8H2,1-2H3,(H,16,19);(H,6,7)/t11-,12+,13-;/m1./s1. The molecule has 3 heterocycles. The minimum atomic E-state index is -5.08. The Kier molecular flexibility index (Phi) is 7.79. The van der Waals surface area contributed by atoms with Gasteiger partial charge in [-0.3, -0.25) is 9.69 Å². The van der Waals surface area contributed by atoms with Gasteiger partial charge in [0.05, 0.1) is 17.3 Å². The number of hydrogen-bond donors (Lipinski definition) is 2. The van der Waals surface area contributed by atoms with Crippen LogP contribution >= 0.6 is 11.3 Å². The zero-order chi connectivity index (χ0) is 20.9. The SMILES string of the molecule is CNC(=O)[C@@H]1CCO[C@@H]2CCN(Cc3scnc3C)C[C@H]21.O=C(O)C(F)(F)F. The van der Waals surface area contributed by atoms with Crippen LogP contribution in [0.1, 0.15) is 23.4 Å². The maximum Gasteiger partial charge on any atom is 0.490 e. The third-order valence-corrected chi connectivity index (χ3v) is 5.91. The van der Waals surface area contributed by atoms with Gasteiger partial charge in [0.2, 0.25) is 5.91 Å². The van der Waals surface area contributed by atoms with Crippen molar-refractivity contribution in [2.24, 2.45) is 11.8 Å². The number of thiazole rings is 1. The number of fused-ring (bicyclic) bond motifs is 1. The molecule has 0 radical (unpaired) electrons. The number of alkyl halides is 3. The zero-order valence-corrected chi connectivity index (χ0v) is 16.5. The highest BCUT2D eigenvalue weighted by molar-refractivity contribution is 7.09. The van der Waals surface area contributed by atoms with E-state index in [0.717, 1.165) is 38.2 Å². The van der Waals surface area contributed by atoms with Crippen molar-refractivity contribution in [2.75, 3.05) is 26.7 Å². The number of aromatic nitrogens is 1. The normalized spacial score (nSPS) is 25.2. The third kappa shape index (κ3) is 5.89. The largest absolute Gasteiger partial charge is 0.490 e. The first-order valence-electron chi connectivity index (χ1n) is 8.88. The van der Waals surface area contributed by atoms with E-state index < -0.39 is 12.1 Å². The van der Waals surface area contributed by atoms with Gasteiger partial charge in [0.1, 0.15) is 0 Å². The molecule has 0 spiro atoms. The van der Waals surface area contributed by atoms with Gasteiger partial charge in [0, 0.05) is 50.0 Å². The molecule has 0 aliphatic carbocycles. The van der Waals surface area contributed by atoms with Crippen LogP contribution in [-0.2, 0) is 20.9 Å². The molecule has 11 heteroatoms. The van der Waals surface area contributed by atoms with Crippen molar-refractivity contribution in [3.63, 3.8) is 0 Å². The van der Waals surface area contributed by atoms with Crippen molar-refractivity contribution in [3.05, 3.63) is 16.1 Å². The third-order valence-electron chi connectivity index (χ3n) is 4.99. The van der Waals surface area contributed by atoms with Crippen molar-refractivity contribution >= 4 is 23.2 Å². The average molecular weight is 423 g/mol. The van der Waals surface area contributed by atoms with E-state index >= 15 is 0 Å². The lowest BCUT2D eigenvalue weighted by molar-refractivity contribution is -0.192. The second-order valence-corrected chi connectivity index (χ2v) is 7.71. The number of nitrogens with zero attached hydrogens (tertiary/aromatic N) is 2. The first kappa shape index (κ1) is 22.6. The first-order chi connectivity index (χ1) is 13.1. The molecule has 1 aromatic heterocycles. The Hall–Kier alpha value is -1.72. The van der Waals surface area contributed by atoms with Crippen LogP contribution in [0.3, 0.4) is 0 Å². The quantitative estimate of drug-likeness (QED) is 0.773. The molecule has 3 atom stereocenters. The van der Waals surface area contributed by atoms with E-state index in [0.29, 0.717) is 12.5 Å². The molecule has 0 unspecified atom stereocenters. The lowest BCUT2D eigenvalue weighted by atomic mass is 9.79. The second kappa shape index (κ2) is 9.66. The van der Waals surface area contributed by atoms with Crippen molar-refractivity contribution in [1.29, 1.82) is 0 Å². The van der Waals surface area contributed by atoms with Crippen LogP contribution in [0.4, 0.5) is 13.2 Å². The minimum Gasteiger partial charge on any atom is -0.475 e. The fourth-order valence-corrected chi connectivity index (χ4v) is 4.34. The highest BCUT2D eigenvalue weighted by Crippen LogP contribution is 2.34. The Morgan fingerprint density at radius 3 is 2.64 bits per heavy atom. The van der Waals surface area contributed by atoms with Gasteiger partial charge in [-0.05, 0) is 19.8 Å². The first-order valence-corrected chi connectivity index (χ1v) is 9.76. The number of carboxylic acid groups (broad SMARTS) is 1. The van der Waals surface area contributed by atoms with Gasteiger partial charge < -0.3 is 15.2 Å². The van der Waals surface area contributed by atoms with Crippen LogP contribution in [-0.4, -0.2) is 65.9 Å². The Morgan fingerprint density at radius 2 is 2.11 bits per heavy atom. The summed E-state index contributed by atoms with van der Waals surface area (Å²) in [6.45, 7) is 5.71. The Balaban J connectivity index is 0.000000345. The number of piperidine rings is 1. The van der Waals surface area contributed by atoms with Crippen LogP contribution in [0.2, 0.25) is 0 Å². The molecule has 0 bridgehead atoms. The highest BCUT2D eigenvalue weighted by atomic mass is 32.1. The number of likely N-dealkylation sites (tertiary alicyclic amines) is 1. The van der Waals surface area contributed by atoms with E-state index in [-0.39, 0.29) is 17.9 Å². The van der Waals surface area contributed by atoms with Gasteiger partial charge in [-0.1, -0.05) is 0 Å². The molecule has 0 aromatic carbocycles. The van der Waals surface area contributed by atoms with Crippen molar-refractivity contribution < 1.29 is 32.6 Å². The van der Waals surface area contributed by atoms with E-state index in [2.05, 4.69) is 22.1 Å². The molecule has 1 aromatic rings. The summed E-state index contributed by atoms with van der Waals surface area (Å²) in [7, 11) is 1.73. The molecule has 158 valence electrons. The average Bonchev–Trinajstić information content (AvgIpc) is 3.05. The van der Waals surface area contributed by atoms with E-state index in [1.165, 1.54) is 4.88 Å². The summed E-state index contributed by atoms with van der Waals surface area (Å²) in [6, 6.07) is 0. The second-order valence-electron chi connectivity index (χ2n) is 6.77. The number of carboxylic acids is 1. The van der Waals surface area contributed by atoms with Gasteiger partial charge >= 0.3 is 12.1 Å². The highest BCUT2D eigenvalue weighted by Gasteiger charge is 2.41. The van der Waals surface area contributed by atoms with Crippen LogP contribution in [0.25, 0.3) is 0 Å². The number of carbonyl (C=O) groups excluding carboxylic acids is 1. The maximum absolute atomic E-state index is 12.1. The molecular weight excluding hydrogens is 399 g/mol. The molecule has 7 nitrogen and oxygen atoms in total. The molecule has 2 aliphatic rings. The lowest BCUT2D eigenvalue weighted by Crippen LogP contribution is -2.52. The van der Waals surface area contributed by atoms with Crippen LogP contribution in [0.5, 0.6) is 0 Å². The van der Waals surface area contributed by atoms with Gasteiger partial charge in [-0.25, -0.2) is 9.78 Å². The van der Waals surface area contributed by atoms with E-state index in [1.807, 2.05) is 5.51 Å². The predicted octanol–water partition coefficient (Wildman–Crippen LogP) is 2.06. The lowest BCUT2D eigenvalue weighted by Gasteiger charge is -2.44. The van der Waals surface area contributed by atoms with Crippen molar-refractivity contribution in [3.8, 4) is 0 Å². The van der Waals surface area contributed by atoms with Gasteiger partial charge in [0.15, 0.2) is 0 Å². The number of ether oxygens (including phenoxy) is 1. The smallest absolute Gasteiger partial charge is 0.475 e. The molecule has 2 aliphatic heterocycles. The van der Waals surface area contributed by atoms with Crippen molar-refractivity contribution in [2.45, 2.75) is 38.6 Å². The van der Waals surface area contributed by atoms with Crippen LogP contribution in [0, 0.1) is 18.8 Å². The zero-order valence-electron chi connectivity index (χ0n) is 15.7. The summed E-state index contributed by atoms with van der Waals surface area (Å²) >= 11 is 1.72. The van der Waals surface area contributed by atoms with Crippen LogP contribution in [0.15, 0.2) is 5.51 Å². The fraction of sp³-hybridized carbons (Fsp3) is 0.706. The molecule has 1 amide bonds. The van der Waals surface area contributed by atoms with Gasteiger partial charge in [-0.15, -0.1) is 11.3 Å². The molecule has 0 saturated carbocycles. The summed E-state index contributed by atoms with van der Waals surface area (Å²) in [5, 5.41) is 9.94. The summed E-state index contributed by atoms with van der Waals surface area (Å²) in [6.07, 6.45) is -2.97.